The van der Waals surface area contributed by atoms with Gasteiger partial charge >= 0.3 is 0 Å². The lowest BCUT2D eigenvalue weighted by atomic mass is 10.1. The van der Waals surface area contributed by atoms with Gasteiger partial charge in [-0.25, -0.2) is 4.98 Å². The zero-order valence-corrected chi connectivity index (χ0v) is 13.1. The Balaban J connectivity index is 3.12. The first-order valence-corrected chi connectivity index (χ1v) is 7.17. The van der Waals surface area contributed by atoms with E-state index < -0.39 is 0 Å². The first-order valence-electron chi connectivity index (χ1n) is 6.42. The summed E-state index contributed by atoms with van der Waals surface area (Å²) in [6.45, 7) is 5.61. The zero-order valence-electron chi connectivity index (χ0n) is 11.6. The Bertz CT molecular complexity index is 411. The highest BCUT2D eigenvalue weighted by molar-refractivity contribution is 6.37. The quantitative estimate of drug-likeness (QED) is 0.836. The molecule has 108 valence electrons. The lowest BCUT2D eigenvalue weighted by Gasteiger charge is -2.32. The number of methoxy groups -OCH3 is 1. The van der Waals surface area contributed by atoms with E-state index in [9.17, 15) is 0 Å². The van der Waals surface area contributed by atoms with E-state index >= 15 is 0 Å². The van der Waals surface area contributed by atoms with E-state index in [0.717, 1.165) is 19.4 Å². The molecule has 0 unspecified atom stereocenters. The summed E-state index contributed by atoms with van der Waals surface area (Å²) in [5, 5.41) is 0.896. The van der Waals surface area contributed by atoms with Crippen LogP contribution in [-0.2, 0) is 4.74 Å². The molecule has 0 aliphatic rings. The van der Waals surface area contributed by atoms with Gasteiger partial charge in [0.25, 0.3) is 0 Å². The molecule has 1 heterocycles. The van der Waals surface area contributed by atoms with E-state index in [4.69, 9.17) is 33.7 Å². The zero-order chi connectivity index (χ0) is 14.4. The molecule has 0 aliphatic heterocycles. The van der Waals surface area contributed by atoms with E-state index in [1.54, 1.807) is 13.2 Å². The van der Waals surface area contributed by atoms with Crippen molar-refractivity contribution >= 4 is 34.8 Å². The fraction of sp³-hybridized carbons (Fsp3) is 0.615. The van der Waals surface area contributed by atoms with Gasteiger partial charge in [-0.15, -0.1) is 0 Å². The fourth-order valence-corrected chi connectivity index (χ4v) is 2.52. The standard InChI is InChI=1S/C13H21Cl2N3O/c1-4-9(5-2)18(6-7-19-3)13-11(15)8-10(14)12(16)17-13/h8-9H,4-7H2,1-3H3,(H2,16,17). The molecular weight excluding hydrogens is 285 g/mol. The molecule has 4 nitrogen and oxygen atoms in total. The van der Waals surface area contributed by atoms with Crippen molar-refractivity contribution in [3.63, 3.8) is 0 Å². The molecule has 0 atom stereocenters. The Morgan fingerprint density at radius 2 is 1.95 bits per heavy atom. The van der Waals surface area contributed by atoms with Crippen molar-refractivity contribution in [1.29, 1.82) is 0 Å². The van der Waals surface area contributed by atoms with E-state index in [2.05, 4.69) is 23.7 Å². The number of hydrogen-bond donors (Lipinski definition) is 1. The summed E-state index contributed by atoms with van der Waals surface area (Å²) in [7, 11) is 1.68. The van der Waals surface area contributed by atoms with E-state index in [1.165, 1.54) is 0 Å². The minimum Gasteiger partial charge on any atom is -0.383 e. The van der Waals surface area contributed by atoms with Gasteiger partial charge in [0.05, 0.1) is 16.7 Å². The second kappa shape index (κ2) is 7.78. The Labute approximate surface area is 124 Å². The Morgan fingerprint density at radius 1 is 1.32 bits per heavy atom. The normalized spacial score (nSPS) is 11.1. The highest BCUT2D eigenvalue weighted by Gasteiger charge is 2.20. The Morgan fingerprint density at radius 3 is 2.47 bits per heavy atom. The summed E-state index contributed by atoms with van der Waals surface area (Å²) >= 11 is 12.2. The molecule has 0 aliphatic carbocycles. The van der Waals surface area contributed by atoms with E-state index in [0.29, 0.717) is 34.3 Å². The summed E-state index contributed by atoms with van der Waals surface area (Å²) in [5.74, 6) is 0.976. The third-order valence-electron chi connectivity index (χ3n) is 3.13. The number of hydrogen-bond acceptors (Lipinski definition) is 4. The van der Waals surface area contributed by atoms with Gasteiger partial charge in [-0.05, 0) is 18.9 Å². The van der Waals surface area contributed by atoms with Crippen molar-refractivity contribution in [3.8, 4) is 0 Å². The van der Waals surface area contributed by atoms with E-state index in [1.807, 2.05) is 0 Å². The van der Waals surface area contributed by atoms with E-state index in [-0.39, 0.29) is 0 Å². The topological polar surface area (TPSA) is 51.4 Å². The molecule has 1 aromatic heterocycles. The smallest absolute Gasteiger partial charge is 0.150 e. The van der Waals surface area contributed by atoms with Gasteiger partial charge in [-0.3, -0.25) is 0 Å². The first kappa shape index (κ1) is 16.3. The molecule has 0 radical (unpaired) electrons. The van der Waals surface area contributed by atoms with Crippen LogP contribution < -0.4 is 10.6 Å². The fourth-order valence-electron chi connectivity index (χ4n) is 2.05. The van der Waals surface area contributed by atoms with Crippen molar-refractivity contribution in [3.05, 3.63) is 16.1 Å². The number of rotatable bonds is 7. The van der Waals surface area contributed by atoms with Crippen molar-refractivity contribution in [2.75, 3.05) is 30.9 Å². The van der Waals surface area contributed by atoms with Crippen LogP contribution in [0.3, 0.4) is 0 Å². The molecule has 0 saturated carbocycles. The molecule has 2 N–H and O–H groups in total. The predicted octanol–water partition coefficient (Wildman–Crippen LogP) is 3.61. The SMILES string of the molecule is CCC(CC)N(CCOC)c1nc(N)c(Cl)cc1Cl. The average molecular weight is 306 g/mol. The summed E-state index contributed by atoms with van der Waals surface area (Å²) in [5.41, 5.74) is 5.78. The number of halogens is 2. The molecule has 1 rings (SSSR count). The monoisotopic (exact) mass is 305 g/mol. The Kier molecular flexibility index (Phi) is 6.69. The van der Waals surface area contributed by atoms with Crippen LogP contribution >= 0.6 is 23.2 Å². The summed E-state index contributed by atoms with van der Waals surface area (Å²) in [6, 6.07) is 1.99. The third kappa shape index (κ3) is 4.13. The molecule has 0 amide bonds. The Hall–Kier alpha value is -0.710. The maximum Gasteiger partial charge on any atom is 0.150 e. The number of aromatic nitrogens is 1. The van der Waals surface area contributed by atoms with Gasteiger partial charge in [-0.1, -0.05) is 37.0 Å². The van der Waals surface area contributed by atoms with Gasteiger partial charge < -0.3 is 15.4 Å². The lowest BCUT2D eigenvalue weighted by Crippen LogP contribution is -2.38. The van der Waals surface area contributed by atoms with Gasteiger partial charge in [0.15, 0.2) is 0 Å². The molecule has 19 heavy (non-hydrogen) atoms. The van der Waals surface area contributed by atoms with Gasteiger partial charge in [0, 0.05) is 19.7 Å². The predicted molar refractivity (Wildman–Crippen MR) is 82.3 cm³/mol. The van der Waals surface area contributed by atoms with Crippen LogP contribution in [0.5, 0.6) is 0 Å². The molecule has 0 spiro atoms. The third-order valence-corrected chi connectivity index (χ3v) is 3.71. The molecule has 0 aromatic carbocycles. The van der Waals surface area contributed by atoms with Crippen LogP contribution in [-0.4, -0.2) is 31.3 Å². The number of ether oxygens (including phenoxy) is 1. The maximum absolute atomic E-state index is 6.25. The maximum atomic E-state index is 6.25. The molecule has 0 saturated heterocycles. The second-order valence-corrected chi connectivity index (χ2v) is 5.13. The molecule has 1 aromatic rings. The number of pyridine rings is 1. The molecule has 6 heteroatoms. The lowest BCUT2D eigenvalue weighted by molar-refractivity contribution is 0.202. The minimum atomic E-state index is 0.300. The average Bonchev–Trinajstić information content (AvgIpc) is 2.39. The second-order valence-electron chi connectivity index (χ2n) is 4.32. The molecule has 0 bridgehead atoms. The van der Waals surface area contributed by atoms with Gasteiger partial charge in [-0.2, -0.15) is 0 Å². The minimum absolute atomic E-state index is 0.300. The first-order chi connectivity index (χ1) is 9.04. The number of nitrogens with zero attached hydrogens (tertiary/aromatic N) is 2. The van der Waals surface area contributed by atoms with Crippen molar-refractivity contribution in [2.24, 2.45) is 0 Å². The highest BCUT2D eigenvalue weighted by atomic mass is 35.5. The number of nitrogens with two attached hydrogens (primary N) is 1. The van der Waals surface area contributed by atoms with Crippen LogP contribution in [0.4, 0.5) is 11.6 Å². The van der Waals surface area contributed by atoms with Crippen molar-refractivity contribution in [2.45, 2.75) is 32.7 Å². The van der Waals surface area contributed by atoms with Gasteiger partial charge in [0.1, 0.15) is 11.6 Å². The molecule has 0 fully saturated rings. The van der Waals surface area contributed by atoms with Crippen LogP contribution in [0, 0.1) is 0 Å². The summed E-state index contributed by atoms with van der Waals surface area (Å²) < 4.78 is 5.16. The largest absolute Gasteiger partial charge is 0.383 e. The summed E-state index contributed by atoms with van der Waals surface area (Å²) in [6.07, 6.45) is 2.00. The number of nitrogen functional groups attached to an aromatic ring is 1. The molecular formula is C13H21Cl2N3O. The number of anilines is 2. The highest BCUT2D eigenvalue weighted by Crippen LogP contribution is 2.31. The van der Waals surface area contributed by atoms with Crippen molar-refractivity contribution in [1.82, 2.24) is 4.98 Å². The summed E-state index contributed by atoms with van der Waals surface area (Å²) in [4.78, 5) is 6.46. The van der Waals surface area contributed by atoms with Crippen LogP contribution in [0.1, 0.15) is 26.7 Å². The van der Waals surface area contributed by atoms with Crippen LogP contribution in [0.2, 0.25) is 10.0 Å². The van der Waals surface area contributed by atoms with Crippen molar-refractivity contribution < 1.29 is 4.74 Å². The van der Waals surface area contributed by atoms with Crippen LogP contribution in [0.15, 0.2) is 6.07 Å². The van der Waals surface area contributed by atoms with Gasteiger partial charge in [0.2, 0.25) is 0 Å². The van der Waals surface area contributed by atoms with Crippen LogP contribution in [0.25, 0.3) is 0 Å².